The summed E-state index contributed by atoms with van der Waals surface area (Å²) in [5.41, 5.74) is 4.88. The van der Waals surface area contributed by atoms with E-state index in [-0.39, 0.29) is 5.91 Å². The van der Waals surface area contributed by atoms with Crippen LogP contribution in [-0.2, 0) is 16.4 Å². The van der Waals surface area contributed by atoms with Gasteiger partial charge in [0.05, 0.1) is 11.9 Å². The zero-order valence-corrected chi connectivity index (χ0v) is 14.8. The average molecular weight is 344 g/mol. The van der Waals surface area contributed by atoms with Gasteiger partial charge in [-0.1, -0.05) is 12.1 Å². The molecule has 1 amide bonds. The zero-order chi connectivity index (χ0) is 17.5. The van der Waals surface area contributed by atoms with E-state index in [0.717, 1.165) is 22.4 Å². The second-order valence-corrected chi connectivity index (χ2v) is 8.17. The molecule has 0 saturated carbocycles. The number of sulfonamides is 1. The van der Waals surface area contributed by atoms with Crippen LogP contribution in [0.1, 0.15) is 27.0 Å². The number of hydrogen-bond acceptors (Lipinski definition) is 3. The highest BCUT2D eigenvalue weighted by Crippen LogP contribution is 2.31. The Morgan fingerprint density at radius 2 is 1.75 bits per heavy atom. The first-order valence-electron chi connectivity index (χ1n) is 7.74. The number of carbonyl (C=O) groups excluding carboxylic acids is 1. The molecule has 0 aliphatic carbocycles. The van der Waals surface area contributed by atoms with Crippen molar-refractivity contribution in [3.8, 4) is 0 Å². The standard InChI is InChI=1S/C18H20N2O3S/c1-12-8-13(2)10-16(9-12)19-18(21)15-5-4-14-6-7-20(17(14)11-15)24(3,22)23/h4-5,8-11H,6-7H2,1-3H3,(H,19,21). The molecule has 0 unspecified atom stereocenters. The van der Waals surface area contributed by atoms with Crippen LogP contribution in [0.3, 0.4) is 0 Å². The Morgan fingerprint density at radius 1 is 1.08 bits per heavy atom. The maximum Gasteiger partial charge on any atom is 0.255 e. The molecule has 0 saturated heterocycles. The molecule has 0 spiro atoms. The highest BCUT2D eigenvalue weighted by molar-refractivity contribution is 7.92. The van der Waals surface area contributed by atoms with Gasteiger partial charge in [0.15, 0.2) is 0 Å². The Kier molecular flexibility index (Phi) is 4.09. The van der Waals surface area contributed by atoms with Crippen molar-refractivity contribution in [2.45, 2.75) is 20.3 Å². The van der Waals surface area contributed by atoms with Gasteiger partial charge in [0, 0.05) is 17.8 Å². The first-order chi connectivity index (χ1) is 11.2. The van der Waals surface area contributed by atoms with Crippen molar-refractivity contribution in [1.82, 2.24) is 0 Å². The largest absolute Gasteiger partial charge is 0.322 e. The number of fused-ring (bicyclic) bond motifs is 1. The summed E-state index contributed by atoms with van der Waals surface area (Å²) in [4.78, 5) is 12.5. The fraction of sp³-hybridized carbons (Fsp3) is 0.278. The van der Waals surface area contributed by atoms with Gasteiger partial charge in [0.25, 0.3) is 5.91 Å². The summed E-state index contributed by atoms with van der Waals surface area (Å²) in [5, 5.41) is 2.88. The second kappa shape index (κ2) is 5.94. The molecule has 2 aromatic carbocycles. The first kappa shape index (κ1) is 16.5. The van der Waals surface area contributed by atoms with Crippen LogP contribution in [0.5, 0.6) is 0 Å². The van der Waals surface area contributed by atoms with Crippen molar-refractivity contribution < 1.29 is 13.2 Å². The fourth-order valence-corrected chi connectivity index (χ4v) is 4.04. The predicted octanol–water partition coefficient (Wildman–Crippen LogP) is 2.88. The van der Waals surface area contributed by atoms with E-state index in [9.17, 15) is 13.2 Å². The number of aryl methyl sites for hydroxylation is 2. The molecule has 6 heteroatoms. The third kappa shape index (κ3) is 3.28. The van der Waals surface area contributed by atoms with E-state index in [1.807, 2.05) is 38.1 Å². The van der Waals surface area contributed by atoms with Gasteiger partial charge in [-0.15, -0.1) is 0 Å². The van der Waals surface area contributed by atoms with Crippen molar-refractivity contribution in [3.05, 3.63) is 58.7 Å². The molecule has 3 rings (SSSR count). The molecule has 2 aromatic rings. The maximum atomic E-state index is 12.5. The Bertz CT molecular complexity index is 900. The third-order valence-electron chi connectivity index (χ3n) is 4.08. The van der Waals surface area contributed by atoms with Crippen LogP contribution < -0.4 is 9.62 Å². The van der Waals surface area contributed by atoms with E-state index in [1.54, 1.807) is 12.1 Å². The number of benzene rings is 2. The quantitative estimate of drug-likeness (QED) is 0.931. The number of carbonyl (C=O) groups is 1. The topological polar surface area (TPSA) is 66.5 Å². The Morgan fingerprint density at radius 3 is 2.38 bits per heavy atom. The van der Waals surface area contributed by atoms with Crippen LogP contribution >= 0.6 is 0 Å². The Balaban J connectivity index is 1.89. The highest BCUT2D eigenvalue weighted by atomic mass is 32.2. The molecule has 0 fully saturated rings. The molecule has 0 atom stereocenters. The van der Waals surface area contributed by atoms with Gasteiger partial charge in [-0.25, -0.2) is 8.42 Å². The third-order valence-corrected chi connectivity index (χ3v) is 5.26. The SMILES string of the molecule is Cc1cc(C)cc(NC(=O)c2ccc3c(c2)N(S(C)(=O)=O)CC3)c1. The minimum absolute atomic E-state index is 0.247. The summed E-state index contributed by atoms with van der Waals surface area (Å²) in [6.07, 6.45) is 1.85. The number of amides is 1. The zero-order valence-electron chi connectivity index (χ0n) is 14.0. The van der Waals surface area contributed by atoms with Crippen molar-refractivity contribution in [2.75, 3.05) is 22.4 Å². The molecule has 5 nitrogen and oxygen atoms in total. The predicted molar refractivity (Wildman–Crippen MR) is 96.2 cm³/mol. The summed E-state index contributed by atoms with van der Waals surface area (Å²) in [6, 6.07) is 11.1. The van der Waals surface area contributed by atoms with Crippen LogP contribution in [0.4, 0.5) is 11.4 Å². The van der Waals surface area contributed by atoms with Gasteiger partial charge >= 0.3 is 0 Å². The number of nitrogens with zero attached hydrogens (tertiary/aromatic N) is 1. The lowest BCUT2D eigenvalue weighted by atomic mass is 10.1. The molecular weight excluding hydrogens is 324 g/mol. The van der Waals surface area contributed by atoms with Crippen molar-refractivity contribution in [1.29, 1.82) is 0 Å². The Hall–Kier alpha value is -2.34. The number of nitrogens with one attached hydrogen (secondary N) is 1. The molecule has 24 heavy (non-hydrogen) atoms. The van der Waals surface area contributed by atoms with Crippen LogP contribution in [0, 0.1) is 13.8 Å². The van der Waals surface area contributed by atoms with E-state index in [1.165, 1.54) is 10.6 Å². The molecule has 1 N–H and O–H groups in total. The first-order valence-corrected chi connectivity index (χ1v) is 9.59. The minimum Gasteiger partial charge on any atom is -0.322 e. The number of rotatable bonds is 3. The van der Waals surface area contributed by atoms with Gasteiger partial charge in [0.1, 0.15) is 0 Å². The van der Waals surface area contributed by atoms with Gasteiger partial charge in [0.2, 0.25) is 10.0 Å². The lowest BCUT2D eigenvalue weighted by Gasteiger charge is -2.17. The minimum atomic E-state index is -3.33. The van der Waals surface area contributed by atoms with Gasteiger partial charge < -0.3 is 5.32 Å². The van der Waals surface area contributed by atoms with Gasteiger partial charge in [-0.05, 0) is 61.2 Å². The molecule has 126 valence electrons. The summed E-state index contributed by atoms with van der Waals surface area (Å²) in [7, 11) is -3.33. The summed E-state index contributed by atoms with van der Waals surface area (Å²) < 4.78 is 25.1. The van der Waals surface area contributed by atoms with E-state index in [4.69, 9.17) is 0 Å². The smallest absolute Gasteiger partial charge is 0.255 e. The van der Waals surface area contributed by atoms with E-state index < -0.39 is 10.0 Å². The molecule has 0 bridgehead atoms. The van der Waals surface area contributed by atoms with Crippen molar-refractivity contribution in [3.63, 3.8) is 0 Å². The lowest BCUT2D eigenvalue weighted by Crippen LogP contribution is -2.27. The molecular formula is C18H20N2O3S. The molecule has 1 aliphatic heterocycles. The van der Waals surface area contributed by atoms with E-state index >= 15 is 0 Å². The average Bonchev–Trinajstić information content (AvgIpc) is 2.88. The summed E-state index contributed by atoms with van der Waals surface area (Å²) in [5.74, 6) is -0.247. The molecule has 0 radical (unpaired) electrons. The van der Waals surface area contributed by atoms with Crippen LogP contribution in [0.15, 0.2) is 36.4 Å². The summed E-state index contributed by atoms with van der Waals surface area (Å²) in [6.45, 7) is 4.38. The lowest BCUT2D eigenvalue weighted by molar-refractivity contribution is 0.102. The van der Waals surface area contributed by atoms with Crippen molar-refractivity contribution in [2.24, 2.45) is 0 Å². The second-order valence-electron chi connectivity index (χ2n) is 6.26. The number of anilines is 2. The Labute approximate surface area is 142 Å². The van der Waals surface area contributed by atoms with Crippen LogP contribution in [0.2, 0.25) is 0 Å². The van der Waals surface area contributed by atoms with E-state index in [2.05, 4.69) is 5.32 Å². The monoisotopic (exact) mass is 344 g/mol. The maximum absolute atomic E-state index is 12.5. The van der Waals surface area contributed by atoms with E-state index in [0.29, 0.717) is 24.2 Å². The normalized spacial score (nSPS) is 13.7. The molecule has 1 aliphatic rings. The molecule has 0 aromatic heterocycles. The van der Waals surface area contributed by atoms with Crippen LogP contribution in [-0.4, -0.2) is 27.1 Å². The summed E-state index contributed by atoms with van der Waals surface area (Å²) >= 11 is 0. The fourth-order valence-electron chi connectivity index (χ4n) is 3.09. The van der Waals surface area contributed by atoms with Crippen molar-refractivity contribution >= 4 is 27.3 Å². The van der Waals surface area contributed by atoms with Gasteiger partial charge in [-0.2, -0.15) is 0 Å². The molecule has 1 heterocycles. The van der Waals surface area contributed by atoms with Gasteiger partial charge in [-0.3, -0.25) is 9.10 Å². The van der Waals surface area contributed by atoms with Crippen LogP contribution in [0.25, 0.3) is 0 Å². The highest BCUT2D eigenvalue weighted by Gasteiger charge is 2.27. The number of hydrogen-bond donors (Lipinski definition) is 1.